The fourth-order valence-corrected chi connectivity index (χ4v) is 4.16. The Morgan fingerprint density at radius 1 is 0.828 bits per heavy atom. The molecule has 29 heavy (non-hydrogen) atoms. The number of alkyl carbamates (subject to hydrolysis) is 1. The Bertz CT molecular complexity index is 558. The molecule has 2 atom stereocenters. The van der Waals surface area contributed by atoms with Crippen LogP contribution < -0.4 is 10.1 Å². The number of nitrogens with one attached hydrogen (secondary N) is 1. The summed E-state index contributed by atoms with van der Waals surface area (Å²) in [6.45, 7) is 2.27. The number of rotatable bonds is 16. The van der Waals surface area contributed by atoms with Gasteiger partial charge in [-0.15, -0.1) is 0 Å². The third-order valence-electron chi connectivity index (χ3n) is 5.97. The molecular weight excluding hydrogens is 362 g/mol. The van der Waals surface area contributed by atoms with E-state index in [0.29, 0.717) is 0 Å². The Balaban J connectivity index is 1.52. The maximum absolute atomic E-state index is 11.7. The van der Waals surface area contributed by atoms with Crippen molar-refractivity contribution in [2.24, 2.45) is 0 Å². The molecule has 0 unspecified atom stereocenters. The Kier molecular flexibility index (Phi) is 11.6. The summed E-state index contributed by atoms with van der Waals surface area (Å²) in [7, 11) is 1.66. The quantitative estimate of drug-likeness (QED) is 0.294. The monoisotopic (exact) mass is 403 g/mol. The molecule has 1 saturated heterocycles. The Morgan fingerprint density at radius 2 is 1.34 bits per heavy atom. The van der Waals surface area contributed by atoms with E-state index in [0.717, 1.165) is 24.2 Å². The molecule has 4 heteroatoms. The molecule has 0 bridgehead atoms. The molecule has 0 spiro atoms. The molecule has 164 valence electrons. The Hall–Kier alpha value is -1.71. The van der Waals surface area contributed by atoms with Gasteiger partial charge in [0.05, 0.1) is 13.2 Å². The number of ether oxygens (including phenoxy) is 2. The van der Waals surface area contributed by atoms with Gasteiger partial charge < -0.3 is 14.8 Å². The zero-order valence-corrected chi connectivity index (χ0v) is 18.6. The van der Waals surface area contributed by atoms with Crippen molar-refractivity contribution in [1.82, 2.24) is 5.32 Å². The average molecular weight is 404 g/mol. The number of hydrogen-bond donors (Lipinski definition) is 1. The molecule has 1 aromatic carbocycles. The zero-order valence-electron chi connectivity index (χ0n) is 18.6. The van der Waals surface area contributed by atoms with Crippen molar-refractivity contribution in [2.45, 2.75) is 109 Å². The van der Waals surface area contributed by atoms with Crippen LogP contribution in [0.5, 0.6) is 5.75 Å². The summed E-state index contributed by atoms with van der Waals surface area (Å²) in [6.07, 6.45) is 18.1. The number of hydrogen-bond acceptors (Lipinski definition) is 3. The summed E-state index contributed by atoms with van der Waals surface area (Å²) < 4.78 is 10.7. The van der Waals surface area contributed by atoms with Gasteiger partial charge in [0.2, 0.25) is 0 Å². The molecule has 1 aromatic rings. The number of carbonyl (C=O) groups excluding carboxylic acids is 1. The molecule has 2 rings (SSSR count). The van der Waals surface area contributed by atoms with Gasteiger partial charge in [-0.25, -0.2) is 4.79 Å². The lowest BCUT2D eigenvalue weighted by Crippen LogP contribution is -2.22. The molecule has 1 aliphatic heterocycles. The predicted octanol–water partition coefficient (Wildman–Crippen LogP) is 7.33. The van der Waals surface area contributed by atoms with Gasteiger partial charge in [-0.2, -0.15) is 0 Å². The Labute approximate surface area is 177 Å². The van der Waals surface area contributed by atoms with Crippen LogP contribution in [0.4, 0.5) is 4.79 Å². The van der Waals surface area contributed by atoms with Crippen LogP contribution in [-0.4, -0.2) is 19.3 Å². The molecular formula is C25H41NO3. The summed E-state index contributed by atoms with van der Waals surface area (Å²) in [6, 6.07) is 7.83. The van der Waals surface area contributed by atoms with Crippen molar-refractivity contribution in [3.05, 3.63) is 29.8 Å². The molecule has 0 aliphatic carbocycles. The second-order valence-corrected chi connectivity index (χ2v) is 8.37. The van der Waals surface area contributed by atoms with Crippen molar-refractivity contribution in [2.75, 3.05) is 7.11 Å². The second-order valence-electron chi connectivity index (χ2n) is 8.37. The van der Waals surface area contributed by atoms with Crippen molar-refractivity contribution in [3.63, 3.8) is 0 Å². The van der Waals surface area contributed by atoms with Gasteiger partial charge in [-0.05, 0) is 30.5 Å². The van der Waals surface area contributed by atoms with Crippen LogP contribution in [-0.2, 0) is 4.74 Å². The topological polar surface area (TPSA) is 47.6 Å². The molecule has 4 nitrogen and oxygen atoms in total. The van der Waals surface area contributed by atoms with E-state index in [1.807, 2.05) is 24.3 Å². The van der Waals surface area contributed by atoms with Gasteiger partial charge in [0, 0.05) is 0 Å². The van der Waals surface area contributed by atoms with Crippen LogP contribution in [0, 0.1) is 0 Å². The average Bonchev–Trinajstić information content (AvgIpc) is 3.12. The summed E-state index contributed by atoms with van der Waals surface area (Å²) in [5.41, 5.74) is 1.08. The molecule has 1 N–H and O–H groups in total. The van der Waals surface area contributed by atoms with E-state index >= 15 is 0 Å². The molecule has 1 amide bonds. The lowest BCUT2D eigenvalue weighted by atomic mass is 9.97. The van der Waals surface area contributed by atoms with E-state index in [-0.39, 0.29) is 18.2 Å². The highest BCUT2D eigenvalue weighted by Crippen LogP contribution is 2.29. The number of carbonyl (C=O) groups is 1. The first-order chi connectivity index (χ1) is 14.2. The van der Waals surface area contributed by atoms with E-state index in [9.17, 15) is 4.79 Å². The number of amides is 1. The van der Waals surface area contributed by atoms with Gasteiger partial charge in [0.25, 0.3) is 0 Å². The highest BCUT2D eigenvalue weighted by atomic mass is 16.6. The normalized spacial score (nSPS) is 18.5. The first-order valence-electron chi connectivity index (χ1n) is 11.9. The minimum Gasteiger partial charge on any atom is -0.497 e. The van der Waals surface area contributed by atoms with Crippen LogP contribution in [0.3, 0.4) is 0 Å². The summed E-state index contributed by atoms with van der Waals surface area (Å²) in [5.74, 6) is 0.826. The molecule has 1 fully saturated rings. The SMILES string of the molecule is CCCCCCCCCCCCCCC[C@@H]1OC(=O)N[C@@H]1c1ccc(OC)cc1. The lowest BCUT2D eigenvalue weighted by molar-refractivity contribution is 0.124. The van der Waals surface area contributed by atoms with Crippen LogP contribution >= 0.6 is 0 Å². The Morgan fingerprint density at radius 3 is 1.86 bits per heavy atom. The van der Waals surface area contributed by atoms with E-state index in [1.54, 1.807) is 7.11 Å². The fourth-order valence-electron chi connectivity index (χ4n) is 4.16. The summed E-state index contributed by atoms with van der Waals surface area (Å²) >= 11 is 0. The molecule has 1 heterocycles. The molecule has 1 aliphatic rings. The third kappa shape index (κ3) is 9.10. The van der Waals surface area contributed by atoms with Crippen molar-refractivity contribution >= 4 is 6.09 Å². The van der Waals surface area contributed by atoms with Gasteiger partial charge in [0.15, 0.2) is 0 Å². The predicted molar refractivity (Wildman–Crippen MR) is 119 cm³/mol. The molecule has 0 aromatic heterocycles. The van der Waals surface area contributed by atoms with Crippen LogP contribution in [0.15, 0.2) is 24.3 Å². The zero-order chi connectivity index (χ0) is 20.7. The van der Waals surface area contributed by atoms with Gasteiger partial charge in [-0.3, -0.25) is 0 Å². The van der Waals surface area contributed by atoms with Gasteiger partial charge in [0.1, 0.15) is 11.9 Å². The first-order valence-corrected chi connectivity index (χ1v) is 11.9. The maximum Gasteiger partial charge on any atom is 0.408 e. The molecule has 0 saturated carbocycles. The minimum absolute atomic E-state index is 0.0502. The van der Waals surface area contributed by atoms with Crippen LogP contribution in [0.1, 0.15) is 108 Å². The first kappa shape index (κ1) is 23.6. The number of unbranched alkanes of at least 4 members (excludes halogenated alkanes) is 12. The highest BCUT2D eigenvalue weighted by molar-refractivity contribution is 5.70. The number of cyclic esters (lactones) is 1. The summed E-state index contributed by atoms with van der Waals surface area (Å²) in [4.78, 5) is 11.7. The van der Waals surface area contributed by atoms with E-state index in [1.165, 1.54) is 77.0 Å². The number of benzene rings is 1. The number of methoxy groups -OCH3 is 1. The van der Waals surface area contributed by atoms with Crippen LogP contribution in [0.2, 0.25) is 0 Å². The standard InChI is InChI=1S/C25H41NO3/c1-3-4-5-6-7-8-9-10-11-12-13-14-15-16-23-24(26-25(27)29-23)21-17-19-22(28-2)20-18-21/h17-20,23-24H,3-16H2,1-2H3,(H,26,27)/t23-,24+/m0/s1. The highest BCUT2D eigenvalue weighted by Gasteiger charge is 2.34. The van der Waals surface area contributed by atoms with Gasteiger partial charge in [-0.1, -0.05) is 96.1 Å². The van der Waals surface area contributed by atoms with Crippen molar-refractivity contribution in [3.8, 4) is 5.75 Å². The van der Waals surface area contributed by atoms with E-state index < -0.39 is 0 Å². The van der Waals surface area contributed by atoms with Gasteiger partial charge >= 0.3 is 6.09 Å². The molecule has 0 radical (unpaired) electrons. The van der Waals surface area contributed by atoms with Crippen LogP contribution in [0.25, 0.3) is 0 Å². The third-order valence-corrected chi connectivity index (χ3v) is 5.97. The van der Waals surface area contributed by atoms with Crippen molar-refractivity contribution < 1.29 is 14.3 Å². The maximum atomic E-state index is 11.7. The smallest absolute Gasteiger partial charge is 0.408 e. The van der Waals surface area contributed by atoms with Crippen molar-refractivity contribution in [1.29, 1.82) is 0 Å². The minimum atomic E-state index is -0.300. The van der Waals surface area contributed by atoms with E-state index in [2.05, 4.69) is 12.2 Å². The van der Waals surface area contributed by atoms with E-state index in [4.69, 9.17) is 9.47 Å². The summed E-state index contributed by atoms with van der Waals surface area (Å²) in [5, 5.41) is 2.95. The second kappa shape index (κ2) is 14.3. The fraction of sp³-hybridized carbons (Fsp3) is 0.720. The largest absolute Gasteiger partial charge is 0.497 e. The lowest BCUT2D eigenvalue weighted by Gasteiger charge is -2.17.